The zero-order chi connectivity index (χ0) is 28.1. The second-order valence-electron chi connectivity index (χ2n) is 14.6. The van der Waals surface area contributed by atoms with Gasteiger partial charge in [-0.05, 0) is 0 Å². The Kier molecular flexibility index (Phi) is 7.80. The second-order valence-corrected chi connectivity index (χ2v) is 50.2. The van der Waals surface area contributed by atoms with Gasteiger partial charge in [-0.3, -0.25) is 0 Å². The van der Waals surface area contributed by atoms with E-state index in [9.17, 15) is 0 Å². The summed E-state index contributed by atoms with van der Waals surface area (Å²) in [6.07, 6.45) is 7.45. The molecule has 0 saturated heterocycles. The Morgan fingerprint density at radius 3 is 1.51 bits per heavy atom. The summed E-state index contributed by atoms with van der Waals surface area (Å²) in [7, 11) is 0. The maximum absolute atomic E-state index is 3.74. The van der Waals surface area contributed by atoms with Crippen LogP contribution in [0, 0.1) is 11.8 Å². The average molecular weight is 613 g/mol. The van der Waals surface area contributed by atoms with E-state index < -0.39 is 23.9 Å². The summed E-state index contributed by atoms with van der Waals surface area (Å²) in [6.45, 7) is 17.0. The van der Waals surface area contributed by atoms with Crippen LogP contribution in [0.15, 0.2) is 77.9 Å². The third-order valence-electron chi connectivity index (χ3n) is 10.4. The quantitative estimate of drug-likeness (QED) is 0.222. The normalized spacial score (nSPS) is 20.3. The Hall–Kier alpha value is -1.76. The van der Waals surface area contributed by atoms with E-state index in [2.05, 4.69) is 136 Å². The molecule has 2 heteroatoms. The van der Waals surface area contributed by atoms with Gasteiger partial charge in [-0.15, -0.1) is 0 Å². The number of benzene rings is 3. The summed E-state index contributed by atoms with van der Waals surface area (Å²) in [5, 5.41) is 1.66. The first-order valence-electron chi connectivity index (χ1n) is 15.3. The van der Waals surface area contributed by atoms with Gasteiger partial charge in [0.15, 0.2) is 0 Å². The van der Waals surface area contributed by atoms with E-state index in [1.54, 1.807) is 27.5 Å². The van der Waals surface area contributed by atoms with Crippen LogP contribution < -0.4 is 5.19 Å². The predicted octanol–water partition coefficient (Wildman–Crippen LogP) is 9.75. The van der Waals surface area contributed by atoms with Crippen LogP contribution >= 0.6 is 0 Å². The molecule has 2 aliphatic carbocycles. The summed E-state index contributed by atoms with van der Waals surface area (Å²) in [6, 6.07) is 26.7. The second kappa shape index (κ2) is 10.6. The molecule has 0 heterocycles. The van der Waals surface area contributed by atoms with Gasteiger partial charge in [0.25, 0.3) is 0 Å². The molecule has 39 heavy (non-hydrogen) atoms. The van der Waals surface area contributed by atoms with Crippen molar-refractivity contribution >= 4 is 23.3 Å². The average Bonchev–Trinajstić information content (AvgIpc) is 3.38. The van der Waals surface area contributed by atoms with Gasteiger partial charge >= 0.3 is 242 Å². The van der Waals surface area contributed by atoms with Crippen LogP contribution in [0.1, 0.15) is 82.2 Å². The van der Waals surface area contributed by atoms with Crippen molar-refractivity contribution in [1.29, 1.82) is 0 Å². The molecule has 0 amide bonds. The van der Waals surface area contributed by atoms with Gasteiger partial charge < -0.3 is 0 Å². The van der Waals surface area contributed by atoms with Crippen molar-refractivity contribution in [3.05, 3.63) is 111 Å². The first-order valence-corrected chi connectivity index (χ1v) is 29.6. The molecule has 0 spiro atoms. The molecule has 3 atom stereocenters. The number of allylic oxidation sites excluding steroid dienone is 2. The van der Waals surface area contributed by atoms with E-state index in [-0.39, 0.29) is 0 Å². The SMILES string of the molecule is CC1=Cc2cc(CC(C)C)ccc2[CH]1[Zr]([CH3])([CH3])([CH]1C(C)=Cc2cc(CC(C)C)ccc21)[SiH](C)c1ccccc1. The van der Waals surface area contributed by atoms with Gasteiger partial charge in [-0.2, -0.15) is 0 Å². The van der Waals surface area contributed by atoms with Gasteiger partial charge in [-0.25, -0.2) is 0 Å². The molecule has 0 fully saturated rings. The topological polar surface area (TPSA) is 0 Å². The molecule has 3 unspecified atom stereocenters. The van der Waals surface area contributed by atoms with Crippen LogP contribution in [0.4, 0.5) is 0 Å². The van der Waals surface area contributed by atoms with Crippen LogP contribution in [-0.4, -0.2) is 5.92 Å². The van der Waals surface area contributed by atoms with Crippen molar-refractivity contribution in [3.63, 3.8) is 0 Å². The van der Waals surface area contributed by atoms with Crippen LogP contribution in [0.25, 0.3) is 12.2 Å². The molecule has 3 aromatic carbocycles. The van der Waals surface area contributed by atoms with Crippen molar-refractivity contribution in [3.8, 4) is 0 Å². The fraction of sp³-hybridized carbons (Fsp3) is 0.405. The Labute approximate surface area is 240 Å². The molecule has 2 aliphatic rings. The van der Waals surface area contributed by atoms with Crippen LogP contribution in [0.2, 0.25) is 15.8 Å². The number of fused-ring (bicyclic) bond motifs is 2. The van der Waals surface area contributed by atoms with Crippen molar-refractivity contribution in [2.45, 2.75) is 77.4 Å². The Bertz CT molecular complexity index is 1350. The molecule has 0 N–H and O–H groups in total. The summed E-state index contributed by atoms with van der Waals surface area (Å²) in [5.74, 6) is 0.0134. The van der Waals surface area contributed by atoms with Gasteiger partial charge in [0.1, 0.15) is 0 Å². The summed E-state index contributed by atoms with van der Waals surface area (Å²) in [4.78, 5) is 0. The summed E-state index contributed by atoms with van der Waals surface area (Å²) >= 11 is -3.74. The fourth-order valence-corrected chi connectivity index (χ4v) is 47.8. The summed E-state index contributed by atoms with van der Waals surface area (Å²) < 4.78 is 6.93. The molecular formula is C37H49SiZr. The van der Waals surface area contributed by atoms with E-state index in [0.29, 0.717) is 19.1 Å². The maximum atomic E-state index is 2.88. The monoisotopic (exact) mass is 611 g/mol. The van der Waals surface area contributed by atoms with Crippen molar-refractivity contribution in [2.24, 2.45) is 11.8 Å². The van der Waals surface area contributed by atoms with E-state index in [0.717, 1.165) is 12.8 Å². The molecule has 0 bridgehead atoms. The first kappa shape index (κ1) is 28.8. The van der Waals surface area contributed by atoms with E-state index in [1.165, 1.54) is 22.3 Å². The zero-order valence-corrected chi connectivity index (χ0v) is 29.4. The van der Waals surface area contributed by atoms with Crippen LogP contribution in [0.3, 0.4) is 0 Å². The van der Waals surface area contributed by atoms with Crippen molar-refractivity contribution < 1.29 is 17.9 Å². The third-order valence-corrected chi connectivity index (χ3v) is 53.8. The minimum absolute atomic E-state index is 0.589. The third kappa shape index (κ3) is 4.99. The fourth-order valence-electron chi connectivity index (χ4n) is 8.72. The first-order chi connectivity index (χ1) is 18.4. The van der Waals surface area contributed by atoms with Crippen LogP contribution in [0.5, 0.6) is 0 Å². The predicted molar refractivity (Wildman–Crippen MR) is 174 cm³/mol. The standard InChI is InChI=1S/2C14H17.C7H9Si.2CH3.Zr/c2*1-10(2)6-12-4-5-13-7-11(3)8-14(13)9-12;1-8-7-5-3-2-4-6-7;;;/h2*4-5,7-10H,6H2,1-3H3;2-6,8H,1H3;2*1H3;. The molecule has 0 nitrogen and oxygen atoms in total. The van der Waals surface area contributed by atoms with Crippen molar-refractivity contribution in [1.82, 2.24) is 0 Å². The van der Waals surface area contributed by atoms with Crippen molar-refractivity contribution in [2.75, 3.05) is 0 Å². The molecule has 0 aromatic heterocycles. The Balaban J connectivity index is 1.71. The molecule has 5 rings (SSSR count). The van der Waals surface area contributed by atoms with Crippen LogP contribution in [-0.2, 0) is 30.8 Å². The van der Waals surface area contributed by atoms with Gasteiger partial charge in [0.2, 0.25) is 0 Å². The molecule has 0 saturated carbocycles. The zero-order valence-electron chi connectivity index (χ0n) is 25.8. The van der Waals surface area contributed by atoms with E-state index >= 15 is 0 Å². The number of rotatable bonds is 8. The minimum atomic E-state index is -3.74. The summed E-state index contributed by atoms with van der Waals surface area (Å²) in [5.41, 5.74) is 12.5. The molecule has 205 valence electrons. The molecule has 0 radical (unpaired) electrons. The number of hydrogen-bond acceptors (Lipinski definition) is 0. The number of hydrogen-bond donors (Lipinski definition) is 0. The molecule has 3 aromatic rings. The Morgan fingerprint density at radius 2 is 1.10 bits per heavy atom. The Morgan fingerprint density at radius 1 is 0.667 bits per heavy atom. The van der Waals surface area contributed by atoms with Gasteiger partial charge in [-0.1, -0.05) is 0 Å². The van der Waals surface area contributed by atoms with Gasteiger partial charge in [0, 0.05) is 0 Å². The van der Waals surface area contributed by atoms with Gasteiger partial charge in [0.05, 0.1) is 0 Å². The van der Waals surface area contributed by atoms with E-state index in [4.69, 9.17) is 0 Å². The molecular weight excluding hydrogens is 564 g/mol. The molecule has 0 aliphatic heterocycles. The van der Waals surface area contributed by atoms with E-state index in [1.807, 2.05) is 0 Å².